The van der Waals surface area contributed by atoms with Crippen LogP contribution in [0.15, 0.2) is 12.1 Å². The molecule has 0 heterocycles. The van der Waals surface area contributed by atoms with E-state index in [0.29, 0.717) is 5.92 Å². The van der Waals surface area contributed by atoms with Gasteiger partial charge in [0, 0.05) is 6.07 Å². The third kappa shape index (κ3) is 3.65. The van der Waals surface area contributed by atoms with Gasteiger partial charge in [-0.15, -0.1) is 0 Å². The molecule has 0 aliphatic heterocycles. The van der Waals surface area contributed by atoms with E-state index in [0.717, 1.165) is 31.4 Å². The van der Waals surface area contributed by atoms with Gasteiger partial charge in [-0.25, -0.2) is 9.18 Å². The Labute approximate surface area is 124 Å². The Kier molecular flexibility index (Phi) is 4.12. The van der Waals surface area contributed by atoms with Crippen molar-refractivity contribution < 1.29 is 19.0 Å². The maximum atomic E-state index is 13.7. The number of ether oxygens (including phenoxy) is 1. The van der Waals surface area contributed by atoms with Crippen LogP contribution in [0.5, 0.6) is 5.75 Å². The van der Waals surface area contributed by atoms with Gasteiger partial charge < -0.3 is 15.6 Å². The number of aromatic carboxylic acids is 1. The lowest BCUT2D eigenvalue weighted by atomic mass is 9.71. The Hall–Kier alpha value is -1.78. The highest BCUT2D eigenvalue weighted by molar-refractivity contribution is 5.89. The van der Waals surface area contributed by atoms with Crippen LogP contribution in [0, 0.1) is 17.2 Å². The Morgan fingerprint density at radius 2 is 2.10 bits per heavy atom. The highest BCUT2D eigenvalue weighted by Gasteiger charge is 2.33. The molecule has 2 unspecified atom stereocenters. The van der Waals surface area contributed by atoms with Crippen LogP contribution in [-0.2, 0) is 0 Å². The first kappa shape index (κ1) is 15.6. The fourth-order valence-corrected chi connectivity index (χ4v) is 3.37. The van der Waals surface area contributed by atoms with Crippen LogP contribution in [0.25, 0.3) is 0 Å². The molecule has 5 heteroatoms. The zero-order chi connectivity index (χ0) is 15.8. The van der Waals surface area contributed by atoms with Gasteiger partial charge >= 0.3 is 5.97 Å². The molecule has 1 saturated carbocycles. The van der Waals surface area contributed by atoms with Crippen LogP contribution in [0.3, 0.4) is 0 Å². The molecule has 2 rings (SSSR count). The Morgan fingerprint density at radius 1 is 1.43 bits per heavy atom. The smallest absolute Gasteiger partial charge is 0.338 e. The van der Waals surface area contributed by atoms with Crippen molar-refractivity contribution in [2.24, 2.45) is 11.3 Å². The molecule has 2 atom stereocenters. The summed E-state index contributed by atoms with van der Waals surface area (Å²) in [7, 11) is 0. The summed E-state index contributed by atoms with van der Waals surface area (Å²) in [6.45, 7) is 6.56. The summed E-state index contributed by atoms with van der Waals surface area (Å²) < 4.78 is 19.6. The van der Waals surface area contributed by atoms with Crippen LogP contribution >= 0.6 is 0 Å². The number of hydrogen-bond acceptors (Lipinski definition) is 3. The minimum atomic E-state index is -1.34. The van der Waals surface area contributed by atoms with Crippen molar-refractivity contribution >= 4 is 11.7 Å². The van der Waals surface area contributed by atoms with Crippen molar-refractivity contribution in [3.05, 3.63) is 23.5 Å². The van der Waals surface area contributed by atoms with Crippen molar-refractivity contribution in [3.63, 3.8) is 0 Å². The summed E-state index contributed by atoms with van der Waals surface area (Å²) in [5.74, 6) is -1.40. The van der Waals surface area contributed by atoms with Gasteiger partial charge in [0.25, 0.3) is 0 Å². The van der Waals surface area contributed by atoms with Gasteiger partial charge in [-0.3, -0.25) is 0 Å². The van der Waals surface area contributed by atoms with Crippen molar-refractivity contribution in [2.75, 3.05) is 5.73 Å². The average Bonchev–Trinajstić information content (AvgIpc) is 2.30. The number of hydrogen-bond donors (Lipinski definition) is 2. The number of nitrogens with two attached hydrogens (primary N) is 1. The first-order valence-electron chi connectivity index (χ1n) is 7.17. The Bertz CT molecular complexity index is 557. The van der Waals surface area contributed by atoms with E-state index >= 15 is 0 Å². The third-order valence-corrected chi connectivity index (χ3v) is 3.97. The fraction of sp³-hybridized carbons (Fsp3) is 0.562. The maximum absolute atomic E-state index is 13.7. The lowest BCUT2D eigenvalue weighted by molar-refractivity contribution is 0.0565. The summed E-state index contributed by atoms with van der Waals surface area (Å²) in [6.07, 6.45) is 2.87. The number of halogens is 1. The van der Waals surface area contributed by atoms with Crippen LogP contribution in [0.2, 0.25) is 0 Å². The first-order valence-corrected chi connectivity index (χ1v) is 7.17. The molecular formula is C16H22FNO3. The molecule has 0 aromatic heterocycles. The molecule has 21 heavy (non-hydrogen) atoms. The van der Waals surface area contributed by atoms with E-state index < -0.39 is 17.3 Å². The van der Waals surface area contributed by atoms with E-state index in [1.165, 1.54) is 0 Å². The van der Waals surface area contributed by atoms with E-state index in [1.54, 1.807) is 0 Å². The second-order valence-electron chi connectivity index (χ2n) is 6.83. The standard InChI is InChI=1S/C16H22FNO3/c1-9-4-10(8-16(2,3)7-9)21-14-6-12(17)11(15(19)20)5-13(14)18/h5-6,9-10H,4,7-8,18H2,1-3H3,(H,19,20). The molecule has 4 nitrogen and oxygen atoms in total. The van der Waals surface area contributed by atoms with Gasteiger partial charge in [0.15, 0.2) is 0 Å². The third-order valence-electron chi connectivity index (χ3n) is 3.97. The zero-order valence-electron chi connectivity index (χ0n) is 12.6. The number of nitrogen functional groups attached to an aromatic ring is 1. The number of benzene rings is 1. The van der Waals surface area contributed by atoms with Crippen LogP contribution in [-0.4, -0.2) is 17.2 Å². The van der Waals surface area contributed by atoms with Gasteiger partial charge in [0.2, 0.25) is 0 Å². The fourth-order valence-electron chi connectivity index (χ4n) is 3.37. The number of rotatable bonds is 3. The number of carboxylic acid groups (broad SMARTS) is 1. The maximum Gasteiger partial charge on any atom is 0.338 e. The molecule has 1 aromatic carbocycles. The van der Waals surface area contributed by atoms with E-state index in [9.17, 15) is 9.18 Å². The highest BCUT2D eigenvalue weighted by atomic mass is 19.1. The second kappa shape index (κ2) is 5.54. The minimum Gasteiger partial charge on any atom is -0.488 e. The normalized spacial score (nSPS) is 24.6. The van der Waals surface area contributed by atoms with E-state index in [-0.39, 0.29) is 23.0 Å². The predicted molar refractivity (Wildman–Crippen MR) is 79.0 cm³/mol. The Morgan fingerprint density at radius 3 is 2.67 bits per heavy atom. The van der Waals surface area contributed by atoms with Crippen molar-refractivity contribution in [1.29, 1.82) is 0 Å². The Balaban J connectivity index is 2.20. The average molecular weight is 295 g/mol. The molecule has 1 aliphatic carbocycles. The van der Waals surface area contributed by atoms with Gasteiger partial charge in [-0.05, 0) is 36.7 Å². The molecule has 0 spiro atoms. The van der Waals surface area contributed by atoms with Crippen molar-refractivity contribution in [2.45, 2.75) is 46.1 Å². The molecule has 3 N–H and O–H groups in total. The lowest BCUT2D eigenvalue weighted by Crippen LogP contribution is -2.34. The van der Waals surface area contributed by atoms with Gasteiger partial charge in [0.1, 0.15) is 11.6 Å². The molecule has 0 amide bonds. The second-order valence-corrected chi connectivity index (χ2v) is 6.83. The number of carboxylic acids is 1. The van der Waals surface area contributed by atoms with Gasteiger partial charge in [0.05, 0.1) is 17.4 Å². The summed E-state index contributed by atoms with van der Waals surface area (Å²) in [5, 5.41) is 8.87. The van der Waals surface area contributed by atoms with Gasteiger partial charge in [-0.2, -0.15) is 0 Å². The van der Waals surface area contributed by atoms with Crippen molar-refractivity contribution in [1.82, 2.24) is 0 Å². The molecule has 0 saturated heterocycles. The van der Waals surface area contributed by atoms with E-state index in [2.05, 4.69) is 20.8 Å². The summed E-state index contributed by atoms with van der Waals surface area (Å²) >= 11 is 0. The molecule has 1 aromatic rings. The molecule has 0 bridgehead atoms. The van der Waals surface area contributed by atoms with Crippen LogP contribution in [0.4, 0.5) is 10.1 Å². The monoisotopic (exact) mass is 295 g/mol. The van der Waals surface area contributed by atoms with E-state index in [1.807, 2.05) is 0 Å². The van der Waals surface area contributed by atoms with Crippen molar-refractivity contribution in [3.8, 4) is 5.75 Å². The predicted octanol–water partition coefficient (Wildman–Crippen LogP) is 3.70. The zero-order valence-corrected chi connectivity index (χ0v) is 12.6. The molecule has 0 radical (unpaired) electrons. The summed E-state index contributed by atoms with van der Waals surface area (Å²) in [6, 6.07) is 2.19. The van der Waals surface area contributed by atoms with Crippen LogP contribution in [0.1, 0.15) is 50.4 Å². The van der Waals surface area contributed by atoms with E-state index in [4.69, 9.17) is 15.6 Å². The number of carbonyl (C=O) groups is 1. The topological polar surface area (TPSA) is 72.5 Å². The molecule has 1 fully saturated rings. The first-order chi connectivity index (χ1) is 9.68. The largest absolute Gasteiger partial charge is 0.488 e. The SMILES string of the molecule is CC1CC(Oc2cc(F)c(C(=O)O)cc2N)CC(C)(C)C1. The molecule has 116 valence electrons. The minimum absolute atomic E-state index is 0.0267. The van der Waals surface area contributed by atoms with Gasteiger partial charge in [-0.1, -0.05) is 20.8 Å². The lowest BCUT2D eigenvalue weighted by Gasteiger charge is -2.39. The summed E-state index contributed by atoms with van der Waals surface area (Å²) in [4.78, 5) is 10.9. The highest BCUT2D eigenvalue weighted by Crippen LogP contribution is 2.40. The quantitative estimate of drug-likeness (QED) is 0.834. The molecular weight excluding hydrogens is 273 g/mol. The van der Waals surface area contributed by atoms with Crippen LogP contribution < -0.4 is 10.5 Å². The summed E-state index contributed by atoms with van der Waals surface area (Å²) in [5.41, 5.74) is 5.69. The molecule has 1 aliphatic rings. The number of anilines is 1.